The predicted molar refractivity (Wildman–Crippen MR) is 328 cm³/mol. The maximum Gasteiger partial charge on any atom is 0.338 e. The summed E-state index contributed by atoms with van der Waals surface area (Å²) >= 11 is 0. The number of amides is 4. The lowest BCUT2D eigenvalue weighted by Gasteiger charge is -2.48. The van der Waals surface area contributed by atoms with E-state index in [2.05, 4.69) is 26.3 Å². The second kappa shape index (κ2) is 33.2. The molecule has 0 unspecified atom stereocenters. The molecule has 15 N–H and O–H groups in total. The van der Waals surface area contributed by atoms with Gasteiger partial charge in [0.2, 0.25) is 17.7 Å². The molecule has 8 rings (SSSR count). The average Bonchev–Trinajstić information content (AvgIpc) is 0.756. The number of aliphatic carboxylic acids is 1. The predicted octanol–water partition coefficient (Wildman–Crippen LogP) is -2.92. The molecular weight excluding hydrogens is 1370 g/mol. The molecule has 0 radical (unpaired) electrons. The number of carbonyl (C=O) groups excluding carboxylic acids is 5. The van der Waals surface area contributed by atoms with Crippen molar-refractivity contribution in [2.75, 3.05) is 51.4 Å². The molecule has 4 fully saturated rings. The summed E-state index contributed by atoms with van der Waals surface area (Å²) in [5, 5.41) is 74.5. The molecule has 4 aliphatic rings. The molecule has 3 heterocycles. The molecule has 540 valence electrons. The molecule has 2 aliphatic heterocycles. The lowest BCUT2D eigenvalue weighted by atomic mass is 9.80. The van der Waals surface area contributed by atoms with Gasteiger partial charge in [-0.05, 0) is 73.9 Å². The molecule has 98 heavy (non-hydrogen) atoms. The topological polar surface area (TPSA) is 575 Å². The Kier molecular flexibility index (Phi) is 25.9. The van der Waals surface area contributed by atoms with Crippen molar-refractivity contribution >= 4 is 82.4 Å². The Morgan fingerprint density at radius 2 is 1.34 bits per heavy atom. The number of aliphatic hydroxyl groups excluding tert-OH is 5. The SMILES string of the molecule is C[C@@H]1O[C@@H](O[C@@H]2[C@@H](NC(=O)c3cc(=O)[nH]c(=O)[nH]3)C[C@@H](C(=O)NCCNC(=O)COCCOCC(=O)Nc3cc(S(=O)(=O)O)cc4cc(S(=O)(=O)O)cc(S(=O)(=O)O)c34)C[C@H]2O[C@@H]2O[C@H](CO)[C@H](O)[C@H](O[C@@H](CC3CCCCC3)C(=O)O)[C@H]2OC(=O)c2ccccc2)[C@@H](O)[C@H](O)[C@@H]1O. The molecular formula is C58H74N6O31S3. The second-order valence-corrected chi connectivity index (χ2v) is 27.8. The summed E-state index contributed by atoms with van der Waals surface area (Å²) in [6.07, 6.45) is -20.2. The van der Waals surface area contributed by atoms with E-state index < -0.39 is 245 Å². The molecule has 2 aliphatic carbocycles. The van der Waals surface area contributed by atoms with E-state index in [0.717, 1.165) is 25.3 Å². The first-order chi connectivity index (χ1) is 46.2. The van der Waals surface area contributed by atoms with Gasteiger partial charge in [0.25, 0.3) is 41.8 Å². The van der Waals surface area contributed by atoms with E-state index >= 15 is 0 Å². The number of nitrogens with one attached hydrogen (secondary N) is 6. The van der Waals surface area contributed by atoms with Crippen molar-refractivity contribution in [3.63, 3.8) is 0 Å². The van der Waals surface area contributed by atoms with Crippen molar-refractivity contribution in [2.24, 2.45) is 11.8 Å². The highest BCUT2D eigenvalue weighted by Crippen LogP contribution is 2.39. The number of H-pyrrole nitrogens is 2. The van der Waals surface area contributed by atoms with Crippen LogP contribution in [0, 0.1) is 11.8 Å². The quantitative estimate of drug-likeness (QED) is 0.0147. The molecule has 15 atom stereocenters. The maximum absolute atomic E-state index is 14.4. The van der Waals surface area contributed by atoms with Crippen LogP contribution < -0.4 is 32.5 Å². The number of carbonyl (C=O) groups is 6. The van der Waals surface area contributed by atoms with Gasteiger partial charge in [-0.15, -0.1) is 0 Å². The summed E-state index contributed by atoms with van der Waals surface area (Å²) in [6.45, 7) is -2.49. The Balaban J connectivity index is 0.977. The third-order valence-electron chi connectivity index (χ3n) is 16.5. The molecule has 40 heteroatoms. The molecule has 1 aromatic heterocycles. The lowest BCUT2D eigenvalue weighted by Crippen LogP contribution is -2.65. The van der Waals surface area contributed by atoms with E-state index in [1.807, 2.05) is 4.98 Å². The van der Waals surface area contributed by atoms with E-state index in [4.69, 9.17) is 37.9 Å². The molecule has 2 saturated carbocycles. The summed E-state index contributed by atoms with van der Waals surface area (Å²) in [7, 11) is -15.7. The third-order valence-corrected chi connectivity index (χ3v) is 19.1. The van der Waals surface area contributed by atoms with Crippen LogP contribution >= 0.6 is 0 Å². The number of anilines is 1. The highest BCUT2D eigenvalue weighted by Gasteiger charge is 2.55. The van der Waals surface area contributed by atoms with Crippen LogP contribution in [-0.4, -0.2) is 247 Å². The van der Waals surface area contributed by atoms with Crippen LogP contribution in [0.5, 0.6) is 0 Å². The first-order valence-electron chi connectivity index (χ1n) is 30.5. The number of ether oxygens (including phenoxy) is 8. The number of esters is 1. The molecule has 0 spiro atoms. The van der Waals surface area contributed by atoms with Crippen molar-refractivity contribution < 1.29 is 136 Å². The fraction of sp³-hybridized carbons (Fsp3) is 0.552. The van der Waals surface area contributed by atoms with Gasteiger partial charge in [-0.2, -0.15) is 25.3 Å². The van der Waals surface area contributed by atoms with E-state index in [1.165, 1.54) is 31.2 Å². The Hall–Kier alpha value is -7.33. The number of carboxylic acids is 1. The van der Waals surface area contributed by atoms with Crippen LogP contribution in [0.3, 0.4) is 0 Å². The minimum Gasteiger partial charge on any atom is -0.479 e. The fourth-order valence-corrected chi connectivity index (χ4v) is 13.7. The van der Waals surface area contributed by atoms with Gasteiger partial charge in [-0.3, -0.25) is 42.6 Å². The van der Waals surface area contributed by atoms with Crippen LogP contribution in [0.25, 0.3) is 10.8 Å². The normalized spacial score (nSPS) is 26.7. The van der Waals surface area contributed by atoms with Gasteiger partial charge >= 0.3 is 17.6 Å². The largest absolute Gasteiger partial charge is 0.479 e. The number of fused-ring (bicyclic) bond motifs is 1. The minimum absolute atomic E-state index is 0.0398. The summed E-state index contributed by atoms with van der Waals surface area (Å²) in [6, 6.07) is 8.66. The summed E-state index contributed by atoms with van der Waals surface area (Å²) in [5.41, 5.74) is -3.45. The van der Waals surface area contributed by atoms with Gasteiger partial charge in [-0.25, -0.2) is 14.4 Å². The fourth-order valence-electron chi connectivity index (χ4n) is 11.7. The van der Waals surface area contributed by atoms with Gasteiger partial charge in [-0.1, -0.05) is 50.3 Å². The zero-order chi connectivity index (χ0) is 71.6. The Bertz CT molecular complexity index is 3970. The minimum atomic E-state index is -5.35. The highest BCUT2D eigenvalue weighted by atomic mass is 32.2. The number of hydrogen-bond acceptors (Lipinski definition) is 27. The number of hydrogen-bond donors (Lipinski definition) is 15. The second-order valence-electron chi connectivity index (χ2n) is 23.5. The standard InChI is InChI=1S/C58H74N6O31S3/c1-27-45(69)47(71)48(72)56(90-27)95-49-35(62-53(74)36-23-41(66)64-58(78)63-36)19-31(20-37(49)92-57-51(94-55(77)29-10-6-3-7-11-29)50(46(70)39(24-65)93-57)91-38(54(75)76)16-28-8-4-2-5-9-28)52(73)60-13-12-59-42(67)25-88-14-15-89-26-43(68)61-34-21-32(96(79,80)81)17-30-18-33(97(82,83)84)22-40(44(30)34)98(85,86)87/h3,6-7,10-11,17-18,21-23,27-28,31,35,37-39,45-51,56-57,65,69-72H,2,4-5,8-9,12-16,19-20,24-26H2,1H3,(H,59,67)(H,60,73)(H,61,68)(H,62,74)(H,75,76)(H,79,80,81)(H,82,83,84)(H,85,86,87)(H2,63,64,66,78)/t27-,31+,35-,37+,38-,39+,45+,46-,47+,48-,49+,50-,51+,56-,57+/m0/s1. The number of aromatic amines is 2. The van der Waals surface area contributed by atoms with E-state index in [0.29, 0.717) is 37.1 Å². The van der Waals surface area contributed by atoms with Crippen molar-refractivity contribution in [1.29, 1.82) is 0 Å². The van der Waals surface area contributed by atoms with Crippen LogP contribution in [0.1, 0.15) is 79.1 Å². The van der Waals surface area contributed by atoms with Crippen LogP contribution in [0.2, 0.25) is 0 Å². The van der Waals surface area contributed by atoms with Gasteiger partial charge in [0.1, 0.15) is 66.5 Å². The number of rotatable bonds is 29. The van der Waals surface area contributed by atoms with Crippen LogP contribution in [0.4, 0.5) is 5.69 Å². The smallest absolute Gasteiger partial charge is 0.338 e. The van der Waals surface area contributed by atoms with Crippen molar-refractivity contribution in [1.82, 2.24) is 25.9 Å². The Morgan fingerprint density at radius 1 is 0.694 bits per heavy atom. The maximum atomic E-state index is 14.4. The number of benzene rings is 3. The first-order valence-corrected chi connectivity index (χ1v) is 34.8. The zero-order valence-corrected chi connectivity index (χ0v) is 54.3. The molecule has 3 aromatic carbocycles. The van der Waals surface area contributed by atoms with Crippen molar-refractivity contribution in [2.45, 2.75) is 159 Å². The van der Waals surface area contributed by atoms with Gasteiger partial charge in [0.15, 0.2) is 24.8 Å². The third kappa shape index (κ3) is 20.0. The van der Waals surface area contributed by atoms with Gasteiger partial charge < -0.3 is 94.8 Å². The summed E-state index contributed by atoms with van der Waals surface area (Å²) < 4.78 is 150. The van der Waals surface area contributed by atoms with Crippen LogP contribution in [0.15, 0.2) is 84.9 Å². The van der Waals surface area contributed by atoms with Gasteiger partial charge in [0, 0.05) is 30.5 Å². The zero-order valence-electron chi connectivity index (χ0n) is 51.8. The first kappa shape index (κ1) is 76.4. The van der Waals surface area contributed by atoms with Crippen molar-refractivity contribution in [3.8, 4) is 0 Å². The molecule has 4 amide bonds. The monoisotopic (exact) mass is 1450 g/mol. The molecule has 2 saturated heterocycles. The van der Waals surface area contributed by atoms with Crippen LogP contribution in [-0.2, 0) is 87.4 Å². The molecule has 4 aromatic rings. The number of carboxylic acid groups (broad SMARTS) is 1. The van der Waals surface area contributed by atoms with E-state index in [1.54, 1.807) is 6.07 Å². The lowest BCUT2D eigenvalue weighted by molar-refractivity contribution is -0.347. The summed E-state index contributed by atoms with van der Waals surface area (Å²) in [5.74, 6) is -7.75. The van der Waals surface area contributed by atoms with E-state index in [9.17, 15) is 108 Å². The average molecular weight is 1450 g/mol. The van der Waals surface area contributed by atoms with Gasteiger partial charge in [0.05, 0.1) is 59.1 Å². The Labute approximate surface area is 557 Å². The molecule has 0 bridgehead atoms. The number of aliphatic hydroxyl groups is 5. The number of aromatic nitrogens is 2. The Morgan fingerprint density at radius 3 is 1.96 bits per heavy atom. The van der Waals surface area contributed by atoms with Crippen molar-refractivity contribution in [3.05, 3.63) is 92.8 Å². The van der Waals surface area contributed by atoms with E-state index in [-0.39, 0.29) is 37.6 Å². The summed E-state index contributed by atoms with van der Waals surface area (Å²) in [4.78, 5) is 107. The molecule has 37 nitrogen and oxygen atoms in total. The highest BCUT2D eigenvalue weighted by molar-refractivity contribution is 7.87.